The molecule has 1 unspecified atom stereocenters. The summed E-state index contributed by atoms with van der Waals surface area (Å²) in [7, 11) is 0. The Labute approximate surface area is 219 Å². The first-order chi connectivity index (χ1) is 17.7. The zero-order valence-electron chi connectivity index (χ0n) is 22.3. The topological polar surface area (TPSA) is 0 Å². The number of hydrogen-bond donors (Lipinski definition) is 0. The van der Waals surface area contributed by atoms with Gasteiger partial charge in [-0.25, -0.2) is 0 Å². The second-order valence-corrected chi connectivity index (χ2v) is 11.0. The highest BCUT2D eigenvalue weighted by Crippen LogP contribution is 2.38. The normalized spacial score (nSPS) is 22.2. The van der Waals surface area contributed by atoms with E-state index in [0.717, 1.165) is 24.7 Å². The second kappa shape index (κ2) is 11.9. The van der Waals surface area contributed by atoms with Crippen molar-refractivity contribution in [2.75, 3.05) is 0 Å². The Morgan fingerprint density at radius 1 is 0.667 bits per heavy atom. The van der Waals surface area contributed by atoms with Crippen LogP contribution in [0.4, 0.5) is 0 Å². The predicted molar refractivity (Wildman–Crippen MR) is 156 cm³/mol. The molecule has 2 aliphatic carbocycles. The molecule has 0 heterocycles. The molecular formula is C36H42. The summed E-state index contributed by atoms with van der Waals surface area (Å²) in [6.07, 6.45) is 20.2. The quantitative estimate of drug-likeness (QED) is 0.299. The van der Waals surface area contributed by atoms with Crippen LogP contribution in [0.25, 0.3) is 11.1 Å². The van der Waals surface area contributed by atoms with Gasteiger partial charge < -0.3 is 0 Å². The third-order valence-corrected chi connectivity index (χ3v) is 8.67. The first-order valence-electron chi connectivity index (χ1n) is 14.3. The minimum absolute atomic E-state index is 0.648. The fourth-order valence-electron chi connectivity index (χ4n) is 6.46. The maximum atomic E-state index is 2.47. The first kappa shape index (κ1) is 24.8. The minimum Gasteiger partial charge on any atom is -0.0917 e. The molecule has 0 spiro atoms. The fraction of sp³-hybridized carbons (Fsp3) is 0.389. The van der Waals surface area contributed by atoms with Gasteiger partial charge >= 0.3 is 0 Å². The summed E-state index contributed by atoms with van der Waals surface area (Å²) in [5, 5.41) is 0. The van der Waals surface area contributed by atoms with E-state index in [1.807, 2.05) is 0 Å². The lowest BCUT2D eigenvalue weighted by atomic mass is 9.78. The Balaban J connectivity index is 1.21. The Kier molecular flexibility index (Phi) is 8.22. The number of benzene rings is 3. The van der Waals surface area contributed by atoms with Crippen LogP contribution in [-0.4, -0.2) is 0 Å². The van der Waals surface area contributed by atoms with Crippen LogP contribution < -0.4 is 0 Å². The molecule has 0 radical (unpaired) electrons. The van der Waals surface area contributed by atoms with Crippen molar-refractivity contribution in [3.05, 3.63) is 119 Å². The highest BCUT2D eigenvalue weighted by atomic mass is 14.3. The zero-order valence-corrected chi connectivity index (χ0v) is 22.3. The van der Waals surface area contributed by atoms with Gasteiger partial charge in [-0.2, -0.15) is 0 Å². The largest absolute Gasteiger partial charge is 0.0917 e. The maximum absolute atomic E-state index is 2.47. The Hall–Kier alpha value is -2.86. The van der Waals surface area contributed by atoms with Crippen LogP contribution in [0.1, 0.15) is 92.0 Å². The van der Waals surface area contributed by atoms with E-state index in [2.05, 4.69) is 105 Å². The molecule has 3 aromatic carbocycles. The minimum atomic E-state index is 0.648. The number of allylic oxidation sites excluding steroid dienone is 4. The zero-order chi connectivity index (χ0) is 24.7. The third kappa shape index (κ3) is 5.92. The first-order valence-corrected chi connectivity index (χ1v) is 14.3. The van der Waals surface area contributed by atoms with Crippen LogP contribution in [0.2, 0.25) is 0 Å². The van der Waals surface area contributed by atoms with Crippen LogP contribution >= 0.6 is 0 Å². The summed E-state index contributed by atoms with van der Waals surface area (Å²) >= 11 is 0. The van der Waals surface area contributed by atoms with Gasteiger partial charge in [0.1, 0.15) is 0 Å². The molecule has 3 aromatic rings. The van der Waals surface area contributed by atoms with Gasteiger partial charge in [0.2, 0.25) is 0 Å². The average molecular weight is 475 g/mol. The van der Waals surface area contributed by atoms with Crippen LogP contribution in [0, 0.1) is 5.92 Å². The van der Waals surface area contributed by atoms with E-state index in [9.17, 15) is 0 Å². The summed E-state index contributed by atoms with van der Waals surface area (Å²) in [4.78, 5) is 0. The summed E-state index contributed by atoms with van der Waals surface area (Å²) < 4.78 is 0. The maximum Gasteiger partial charge on any atom is -0.0118 e. The van der Waals surface area contributed by atoms with Gasteiger partial charge in [-0.05, 0) is 128 Å². The molecule has 1 atom stereocenters. The Morgan fingerprint density at radius 2 is 1.36 bits per heavy atom. The van der Waals surface area contributed by atoms with E-state index in [4.69, 9.17) is 0 Å². The van der Waals surface area contributed by atoms with Gasteiger partial charge in [0.25, 0.3) is 0 Å². The summed E-state index contributed by atoms with van der Waals surface area (Å²) in [5.41, 5.74) is 10.3. The Morgan fingerprint density at radius 3 is 2.08 bits per heavy atom. The number of hydrogen-bond acceptors (Lipinski definition) is 0. The van der Waals surface area contributed by atoms with Crippen molar-refractivity contribution >= 4 is 0 Å². The molecule has 5 rings (SSSR count). The average Bonchev–Trinajstić information content (AvgIpc) is 2.94. The molecular weight excluding hydrogens is 432 g/mol. The van der Waals surface area contributed by atoms with Crippen LogP contribution in [0.3, 0.4) is 0 Å². The smallest absolute Gasteiger partial charge is 0.0118 e. The van der Waals surface area contributed by atoms with Gasteiger partial charge in [0.15, 0.2) is 0 Å². The van der Waals surface area contributed by atoms with Gasteiger partial charge in [-0.1, -0.05) is 91.0 Å². The van der Waals surface area contributed by atoms with Crippen LogP contribution in [0.5, 0.6) is 0 Å². The molecule has 0 bridgehead atoms. The van der Waals surface area contributed by atoms with Gasteiger partial charge in [0, 0.05) is 0 Å². The van der Waals surface area contributed by atoms with Crippen molar-refractivity contribution in [3.8, 4) is 11.1 Å². The van der Waals surface area contributed by atoms with E-state index in [0.29, 0.717) is 5.92 Å². The van der Waals surface area contributed by atoms with Crippen molar-refractivity contribution < 1.29 is 0 Å². The molecule has 0 amide bonds. The van der Waals surface area contributed by atoms with Crippen molar-refractivity contribution in [2.45, 2.75) is 83.5 Å². The molecule has 36 heavy (non-hydrogen) atoms. The highest BCUT2D eigenvalue weighted by Gasteiger charge is 2.22. The van der Waals surface area contributed by atoms with Gasteiger partial charge in [-0.15, -0.1) is 0 Å². The summed E-state index contributed by atoms with van der Waals surface area (Å²) in [5.74, 6) is 2.19. The fourth-order valence-corrected chi connectivity index (χ4v) is 6.46. The molecule has 0 saturated heterocycles. The SMILES string of the molecule is C/C=C/CCc1ccc(C2CCc3cc(-c4ccc(C5CCC(/C=C/C)CC5)cc4)ccc3C2)cc1. The molecule has 1 saturated carbocycles. The number of aryl methyl sites for hydroxylation is 2. The monoisotopic (exact) mass is 474 g/mol. The standard InChI is InChI=1S/C36H42/c1-3-5-6-8-28-11-15-31(16-12-28)33-21-23-36-26-34(22-24-35(36)25-33)32-19-17-30(18-20-32)29-13-9-27(7-4-2)10-14-29/h3-5,7,11-12,15-20,22,24,26-27,29,33H,6,8-10,13-14,21,23,25H2,1-2H3/b5-3+,7-4+. The number of fused-ring (bicyclic) bond motifs is 1. The lowest BCUT2D eigenvalue weighted by Gasteiger charge is -2.27. The van der Waals surface area contributed by atoms with Crippen LogP contribution in [0.15, 0.2) is 91.0 Å². The summed E-state index contributed by atoms with van der Waals surface area (Å²) in [6, 6.07) is 26.2. The van der Waals surface area contributed by atoms with Crippen molar-refractivity contribution in [2.24, 2.45) is 5.92 Å². The molecule has 1 fully saturated rings. The molecule has 0 aliphatic heterocycles. The third-order valence-electron chi connectivity index (χ3n) is 8.67. The van der Waals surface area contributed by atoms with E-state index < -0.39 is 0 Å². The lowest BCUT2D eigenvalue weighted by molar-refractivity contribution is 0.376. The molecule has 0 N–H and O–H groups in total. The van der Waals surface area contributed by atoms with Gasteiger partial charge in [0.05, 0.1) is 0 Å². The molecule has 2 aliphatic rings. The van der Waals surface area contributed by atoms with E-state index in [1.54, 1.807) is 11.1 Å². The number of rotatable bonds is 7. The van der Waals surface area contributed by atoms with Crippen LogP contribution in [-0.2, 0) is 19.3 Å². The highest BCUT2D eigenvalue weighted by molar-refractivity contribution is 5.65. The second-order valence-electron chi connectivity index (χ2n) is 11.0. The van der Waals surface area contributed by atoms with E-state index in [-0.39, 0.29) is 0 Å². The lowest BCUT2D eigenvalue weighted by Crippen LogP contribution is -2.13. The van der Waals surface area contributed by atoms with E-state index in [1.165, 1.54) is 72.8 Å². The van der Waals surface area contributed by atoms with Gasteiger partial charge in [-0.3, -0.25) is 0 Å². The van der Waals surface area contributed by atoms with Crippen molar-refractivity contribution in [3.63, 3.8) is 0 Å². The van der Waals surface area contributed by atoms with E-state index >= 15 is 0 Å². The molecule has 186 valence electrons. The Bertz CT molecular complexity index is 1170. The molecule has 0 nitrogen and oxygen atoms in total. The van der Waals surface area contributed by atoms with Crippen molar-refractivity contribution in [1.82, 2.24) is 0 Å². The molecule has 0 heteroatoms. The predicted octanol–water partition coefficient (Wildman–Crippen LogP) is 9.98. The summed E-state index contributed by atoms with van der Waals surface area (Å²) in [6.45, 7) is 4.25. The molecule has 0 aromatic heterocycles. The van der Waals surface area contributed by atoms with Crippen molar-refractivity contribution in [1.29, 1.82) is 0 Å².